The molecular weight excluding hydrogens is 258 g/mol. The fourth-order valence-corrected chi connectivity index (χ4v) is 1.57. The van der Waals surface area contributed by atoms with Crippen molar-refractivity contribution in [1.29, 1.82) is 0 Å². The summed E-state index contributed by atoms with van der Waals surface area (Å²) in [5, 5.41) is 0.424. The Labute approximate surface area is 89.8 Å². The molecule has 0 aliphatic rings. The minimum Gasteiger partial charge on any atom is -0.369 e. The lowest BCUT2D eigenvalue weighted by molar-refractivity contribution is 0.503. The number of benzene rings is 1. The minimum absolute atomic E-state index is 0.0934. The molecule has 0 saturated heterocycles. The van der Waals surface area contributed by atoms with Crippen LogP contribution in [0.5, 0.6) is 5.75 Å². The third-order valence-electron chi connectivity index (χ3n) is 1.08. The molecule has 1 rings (SSSR count). The molecule has 0 saturated carbocycles. The van der Waals surface area contributed by atoms with Gasteiger partial charge in [-0.3, -0.25) is 0 Å². The van der Waals surface area contributed by atoms with Crippen LogP contribution in [-0.2, 0) is 9.33 Å². The third-order valence-corrected chi connectivity index (χ3v) is 2.20. The largest absolute Gasteiger partial charge is 0.401 e. The summed E-state index contributed by atoms with van der Waals surface area (Å²) in [5.41, 5.74) is 0. The second-order valence-electron chi connectivity index (χ2n) is 2.05. The minimum atomic E-state index is -4.09. The van der Waals surface area contributed by atoms with Gasteiger partial charge in [-0.2, -0.15) is 8.42 Å². The molecule has 0 unspecified atom stereocenters. The van der Waals surface area contributed by atoms with Crippen molar-refractivity contribution in [3.63, 3.8) is 0 Å². The van der Waals surface area contributed by atoms with Gasteiger partial charge in [0.2, 0.25) is 0 Å². The van der Waals surface area contributed by atoms with E-state index >= 15 is 0 Å². The van der Waals surface area contributed by atoms with Crippen molar-refractivity contribution in [3.05, 3.63) is 28.2 Å². The fraction of sp³-hybridized carbons (Fsp3) is 0. The Morgan fingerprint density at radius 2 is 1.85 bits per heavy atom. The molecule has 0 bridgehead atoms. The van der Waals surface area contributed by atoms with Crippen LogP contribution < -0.4 is 4.18 Å². The average Bonchev–Trinajstić information content (AvgIpc) is 1.94. The predicted octanol–water partition coefficient (Wildman–Crippen LogP) is 2.86. The van der Waals surface area contributed by atoms with Crippen molar-refractivity contribution in [3.8, 4) is 5.75 Å². The molecule has 72 valence electrons. The number of hydrogen-bond acceptors (Lipinski definition) is 3. The quantitative estimate of drug-likeness (QED) is 0.769. The van der Waals surface area contributed by atoms with Gasteiger partial charge in [0.1, 0.15) is 0 Å². The molecule has 0 N–H and O–H groups in total. The molecule has 3 nitrogen and oxygen atoms in total. The normalized spacial score (nSPS) is 11.3. The van der Waals surface area contributed by atoms with Gasteiger partial charge in [0.15, 0.2) is 5.75 Å². The van der Waals surface area contributed by atoms with Gasteiger partial charge in [0.25, 0.3) is 0 Å². The van der Waals surface area contributed by atoms with Crippen molar-refractivity contribution in [2.24, 2.45) is 0 Å². The van der Waals surface area contributed by atoms with Gasteiger partial charge in [-0.05, 0) is 12.1 Å². The molecule has 0 heterocycles. The molecule has 13 heavy (non-hydrogen) atoms. The lowest BCUT2D eigenvalue weighted by Crippen LogP contribution is -2.00. The smallest absolute Gasteiger partial charge is 0.369 e. The predicted molar refractivity (Wildman–Crippen MR) is 51.9 cm³/mol. The van der Waals surface area contributed by atoms with Crippen molar-refractivity contribution in [2.75, 3.05) is 0 Å². The van der Waals surface area contributed by atoms with Crippen LogP contribution in [0.15, 0.2) is 18.2 Å². The molecule has 0 aromatic heterocycles. The monoisotopic (exact) mass is 260 g/mol. The van der Waals surface area contributed by atoms with E-state index in [2.05, 4.69) is 4.18 Å². The van der Waals surface area contributed by atoms with Crippen molar-refractivity contribution < 1.29 is 12.6 Å². The first-order valence-electron chi connectivity index (χ1n) is 2.97. The van der Waals surface area contributed by atoms with Gasteiger partial charge in [0.05, 0.1) is 15.7 Å². The standard InChI is InChI=1S/C6H3Cl3O3S/c7-4-1-2-5(8)6(3-4)12-13(9,10)11/h1-3H. The molecule has 0 aliphatic heterocycles. The highest BCUT2D eigenvalue weighted by Crippen LogP contribution is 2.29. The zero-order valence-corrected chi connectivity index (χ0v) is 9.08. The Hall–Kier alpha value is -0.160. The summed E-state index contributed by atoms with van der Waals surface area (Å²) in [6, 6.07) is 4.16. The second kappa shape index (κ2) is 3.92. The first-order valence-corrected chi connectivity index (χ1v) is 5.96. The van der Waals surface area contributed by atoms with Crippen LogP contribution in [0, 0.1) is 0 Å². The van der Waals surface area contributed by atoms with Crippen molar-refractivity contribution in [2.45, 2.75) is 0 Å². The van der Waals surface area contributed by atoms with Crippen LogP contribution in [-0.4, -0.2) is 8.42 Å². The van der Waals surface area contributed by atoms with Crippen molar-refractivity contribution in [1.82, 2.24) is 0 Å². The van der Waals surface area contributed by atoms with Crippen LogP contribution >= 0.6 is 33.9 Å². The highest BCUT2D eigenvalue weighted by molar-refractivity contribution is 8.10. The van der Waals surface area contributed by atoms with E-state index in [1.54, 1.807) is 0 Å². The van der Waals surface area contributed by atoms with Crippen LogP contribution in [0.4, 0.5) is 0 Å². The highest BCUT2D eigenvalue weighted by Gasteiger charge is 2.10. The molecule has 1 aromatic carbocycles. The second-order valence-corrected chi connectivity index (χ2v) is 4.98. The van der Waals surface area contributed by atoms with Crippen LogP contribution in [0.2, 0.25) is 10.0 Å². The van der Waals surface area contributed by atoms with Gasteiger partial charge in [-0.1, -0.05) is 23.2 Å². The van der Waals surface area contributed by atoms with E-state index in [0.29, 0.717) is 5.02 Å². The van der Waals surface area contributed by atoms with Gasteiger partial charge in [-0.25, -0.2) is 0 Å². The molecule has 1 aromatic rings. The zero-order valence-electron chi connectivity index (χ0n) is 6.00. The van der Waals surface area contributed by atoms with Crippen LogP contribution in [0.1, 0.15) is 0 Å². The summed E-state index contributed by atoms with van der Waals surface area (Å²) in [6.45, 7) is 0. The first kappa shape index (κ1) is 10.9. The molecule has 0 atom stereocenters. The van der Waals surface area contributed by atoms with Gasteiger partial charge in [-0.15, -0.1) is 0 Å². The van der Waals surface area contributed by atoms with E-state index in [-0.39, 0.29) is 10.8 Å². The Kier molecular flexibility index (Phi) is 3.29. The summed E-state index contributed by atoms with van der Waals surface area (Å²) in [5.74, 6) is -0.0934. The molecule has 7 heteroatoms. The maximum Gasteiger partial charge on any atom is 0.401 e. The maximum absolute atomic E-state index is 10.5. The lowest BCUT2D eigenvalue weighted by atomic mass is 10.3. The van der Waals surface area contributed by atoms with E-state index in [9.17, 15) is 8.42 Å². The third kappa shape index (κ3) is 3.60. The van der Waals surface area contributed by atoms with Crippen LogP contribution in [0.25, 0.3) is 0 Å². The summed E-state index contributed by atoms with van der Waals surface area (Å²) in [6.07, 6.45) is 0. The summed E-state index contributed by atoms with van der Waals surface area (Å²) < 4.78 is 25.3. The Bertz CT molecular complexity index is 415. The number of rotatable bonds is 2. The summed E-state index contributed by atoms with van der Waals surface area (Å²) in [7, 11) is 0.753. The van der Waals surface area contributed by atoms with E-state index in [0.717, 1.165) is 0 Å². The molecule has 0 spiro atoms. The summed E-state index contributed by atoms with van der Waals surface area (Å²) >= 11 is 11.2. The van der Waals surface area contributed by atoms with Gasteiger partial charge in [0, 0.05) is 11.1 Å². The molecule has 0 radical (unpaired) electrons. The van der Waals surface area contributed by atoms with E-state index < -0.39 is 9.33 Å². The SMILES string of the molecule is O=S(=O)(Cl)Oc1cc(Cl)ccc1Cl. The average molecular weight is 262 g/mol. The first-order chi connectivity index (χ1) is 5.88. The molecule has 0 amide bonds. The van der Waals surface area contributed by atoms with E-state index in [1.807, 2.05) is 0 Å². The number of hydrogen-bond donors (Lipinski definition) is 0. The Morgan fingerprint density at radius 1 is 1.23 bits per heavy atom. The summed E-state index contributed by atoms with van der Waals surface area (Å²) in [4.78, 5) is 0. The van der Waals surface area contributed by atoms with Crippen molar-refractivity contribution >= 4 is 43.2 Å². The highest BCUT2D eigenvalue weighted by atomic mass is 35.7. The molecule has 0 aliphatic carbocycles. The topological polar surface area (TPSA) is 43.4 Å². The lowest BCUT2D eigenvalue weighted by Gasteiger charge is -2.02. The Morgan fingerprint density at radius 3 is 2.38 bits per heavy atom. The van der Waals surface area contributed by atoms with Crippen LogP contribution in [0.3, 0.4) is 0 Å². The zero-order chi connectivity index (χ0) is 10.1. The van der Waals surface area contributed by atoms with E-state index in [4.69, 9.17) is 33.9 Å². The molecule has 0 fully saturated rings. The molecular formula is C6H3Cl3O3S. The fourth-order valence-electron chi connectivity index (χ4n) is 0.648. The Balaban J connectivity index is 3.08. The van der Waals surface area contributed by atoms with Gasteiger partial charge >= 0.3 is 9.33 Å². The maximum atomic E-state index is 10.5. The van der Waals surface area contributed by atoms with Gasteiger partial charge < -0.3 is 4.18 Å². The van der Waals surface area contributed by atoms with E-state index in [1.165, 1.54) is 18.2 Å². The number of halogens is 3.